The quantitative estimate of drug-likeness (QED) is 0.433. The van der Waals surface area contributed by atoms with Gasteiger partial charge in [-0.2, -0.15) is 0 Å². The second-order valence-electron chi connectivity index (χ2n) is 5.88. The Labute approximate surface area is 168 Å². The molecule has 0 radical (unpaired) electrons. The maximum atomic E-state index is 5.51. The Morgan fingerprint density at radius 1 is 1.00 bits per heavy atom. The molecule has 4 aromatic rings. The first-order valence-electron chi connectivity index (χ1n) is 8.55. The molecule has 0 saturated carbocycles. The third-order valence-electron chi connectivity index (χ3n) is 4.15. The molecule has 0 fully saturated rings. The zero-order chi connectivity index (χ0) is 17.9. The van der Waals surface area contributed by atoms with Crippen LogP contribution in [0, 0.1) is 6.92 Å². The Kier molecular flexibility index (Phi) is 5.94. The number of hydrogen-bond donors (Lipinski definition) is 1. The maximum absolute atomic E-state index is 5.51. The van der Waals surface area contributed by atoms with Crippen LogP contribution >= 0.6 is 23.7 Å². The van der Waals surface area contributed by atoms with Gasteiger partial charge in [0.15, 0.2) is 0 Å². The van der Waals surface area contributed by atoms with Gasteiger partial charge in [0.2, 0.25) is 0 Å². The van der Waals surface area contributed by atoms with Gasteiger partial charge in [0.05, 0.1) is 12.0 Å². The van der Waals surface area contributed by atoms with E-state index in [2.05, 4.69) is 46.5 Å². The number of anilines is 2. The molecule has 0 aliphatic carbocycles. The van der Waals surface area contributed by atoms with E-state index < -0.39 is 0 Å². The van der Waals surface area contributed by atoms with Gasteiger partial charge in [-0.1, -0.05) is 30.3 Å². The zero-order valence-electron chi connectivity index (χ0n) is 15.1. The van der Waals surface area contributed by atoms with E-state index >= 15 is 0 Å². The fourth-order valence-corrected chi connectivity index (χ4v) is 4.04. The summed E-state index contributed by atoms with van der Waals surface area (Å²) in [7, 11) is 0. The number of nitrogens with zero attached hydrogens (tertiary/aromatic N) is 2. The summed E-state index contributed by atoms with van der Waals surface area (Å²) in [5, 5.41) is 4.50. The van der Waals surface area contributed by atoms with E-state index in [0.717, 1.165) is 27.5 Å². The van der Waals surface area contributed by atoms with Gasteiger partial charge in [0.1, 0.15) is 22.7 Å². The number of halogens is 1. The number of benzene rings is 2. The third-order valence-corrected chi connectivity index (χ3v) is 5.17. The number of thiophene rings is 1. The van der Waals surface area contributed by atoms with E-state index in [1.807, 2.05) is 37.3 Å². The van der Waals surface area contributed by atoms with Crippen LogP contribution in [-0.2, 0) is 0 Å². The second-order valence-corrected chi connectivity index (χ2v) is 7.09. The number of nitrogens with one attached hydrogen (secondary N) is 1. The molecular weight excluding hydrogens is 378 g/mol. The van der Waals surface area contributed by atoms with Crippen LogP contribution in [0.5, 0.6) is 5.75 Å². The molecule has 0 saturated heterocycles. The minimum Gasteiger partial charge on any atom is -0.494 e. The van der Waals surface area contributed by atoms with Gasteiger partial charge in [-0.05, 0) is 43.7 Å². The standard InChI is InChI=1S/C21H19N3OS.ClH/c1-3-25-17-11-9-16(10-12-17)24-20-19-18(15-7-5-4-6-8-15)14(2)26-21(19)23-13-22-20;/h4-13H,3H2,1-2H3,(H,22,23,24);1H. The lowest BCUT2D eigenvalue weighted by molar-refractivity contribution is 0.340. The van der Waals surface area contributed by atoms with Crippen LogP contribution in [0.25, 0.3) is 21.3 Å². The summed E-state index contributed by atoms with van der Waals surface area (Å²) in [6.07, 6.45) is 1.62. The molecule has 0 bridgehead atoms. The summed E-state index contributed by atoms with van der Waals surface area (Å²) in [5.74, 6) is 1.68. The molecule has 0 aliphatic rings. The lowest BCUT2D eigenvalue weighted by Gasteiger charge is -2.10. The van der Waals surface area contributed by atoms with E-state index in [1.165, 1.54) is 16.0 Å². The van der Waals surface area contributed by atoms with E-state index in [1.54, 1.807) is 17.7 Å². The molecule has 0 spiro atoms. The van der Waals surface area contributed by atoms with Crippen molar-refractivity contribution in [2.45, 2.75) is 13.8 Å². The van der Waals surface area contributed by atoms with Gasteiger partial charge in [-0.3, -0.25) is 0 Å². The molecule has 6 heteroatoms. The van der Waals surface area contributed by atoms with E-state index in [4.69, 9.17) is 4.74 Å². The molecule has 1 N–H and O–H groups in total. The average Bonchev–Trinajstić information content (AvgIpc) is 3.01. The summed E-state index contributed by atoms with van der Waals surface area (Å²) in [6.45, 7) is 4.77. The van der Waals surface area contributed by atoms with Gasteiger partial charge < -0.3 is 10.1 Å². The topological polar surface area (TPSA) is 47.0 Å². The fraction of sp³-hybridized carbons (Fsp3) is 0.143. The number of fused-ring (bicyclic) bond motifs is 1. The normalized spacial score (nSPS) is 10.4. The highest BCUT2D eigenvalue weighted by Crippen LogP contribution is 2.40. The number of ether oxygens (including phenoxy) is 1. The minimum atomic E-state index is 0. The summed E-state index contributed by atoms with van der Waals surface area (Å²) in [6, 6.07) is 18.3. The SMILES string of the molecule is CCOc1ccc(Nc2ncnc3sc(C)c(-c4ccccc4)c23)cc1.Cl. The fourth-order valence-electron chi connectivity index (χ4n) is 3.03. The minimum absolute atomic E-state index is 0. The smallest absolute Gasteiger partial charge is 0.143 e. The molecule has 0 amide bonds. The van der Waals surface area contributed by atoms with Crippen molar-refractivity contribution in [1.82, 2.24) is 9.97 Å². The predicted molar refractivity (Wildman–Crippen MR) is 116 cm³/mol. The van der Waals surface area contributed by atoms with Crippen molar-refractivity contribution in [1.29, 1.82) is 0 Å². The maximum Gasteiger partial charge on any atom is 0.143 e. The summed E-state index contributed by atoms with van der Waals surface area (Å²) in [5.41, 5.74) is 3.34. The Morgan fingerprint density at radius 2 is 1.74 bits per heavy atom. The first-order chi connectivity index (χ1) is 12.8. The molecule has 0 atom stereocenters. The first kappa shape index (κ1) is 19.1. The predicted octanol–water partition coefficient (Wildman–Crippen LogP) is 6.23. The largest absolute Gasteiger partial charge is 0.494 e. The summed E-state index contributed by atoms with van der Waals surface area (Å²) < 4.78 is 5.51. The number of hydrogen-bond acceptors (Lipinski definition) is 5. The average molecular weight is 398 g/mol. The van der Waals surface area contributed by atoms with Crippen molar-refractivity contribution in [2.24, 2.45) is 0 Å². The van der Waals surface area contributed by atoms with E-state index in [-0.39, 0.29) is 12.4 Å². The lowest BCUT2D eigenvalue weighted by atomic mass is 10.0. The monoisotopic (exact) mass is 397 g/mol. The number of rotatable bonds is 5. The Bertz CT molecular complexity index is 1030. The third kappa shape index (κ3) is 3.89. The van der Waals surface area contributed by atoms with Crippen LogP contribution in [0.1, 0.15) is 11.8 Å². The first-order valence-corrected chi connectivity index (χ1v) is 9.37. The Hall–Kier alpha value is -2.63. The molecule has 138 valence electrons. The van der Waals surface area contributed by atoms with Crippen LogP contribution in [0.15, 0.2) is 60.9 Å². The highest BCUT2D eigenvalue weighted by molar-refractivity contribution is 7.19. The van der Waals surface area contributed by atoms with Gasteiger partial charge in [0, 0.05) is 16.1 Å². The number of aryl methyl sites for hydroxylation is 1. The highest BCUT2D eigenvalue weighted by atomic mass is 35.5. The Balaban J connectivity index is 0.00000210. The van der Waals surface area contributed by atoms with Crippen molar-refractivity contribution in [3.63, 3.8) is 0 Å². The molecule has 2 aromatic heterocycles. The summed E-state index contributed by atoms with van der Waals surface area (Å²) in [4.78, 5) is 11.2. The molecule has 0 unspecified atom stereocenters. The molecule has 4 rings (SSSR count). The molecular formula is C21H20ClN3OS. The van der Waals surface area contributed by atoms with Crippen molar-refractivity contribution < 1.29 is 4.74 Å². The van der Waals surface area contributed by atoms with Crippen LogP contribution in [0.4, 0.5) is 11.5 Å². The summed E-state index contributed by atoms with van der Waals surface area (Å²) >= 11 is 1.70. The lowest BCUT2D eigenvalue weighted by Crippen LogP contribution is -1.96. The van der Waals surface area contributed by atoms with Crippen LogP contribution in [-0.4, -0.2) is 16.6 Å². The zero-order valence-corrected chi connectivity index (χ0v) is 16.7. The van der Waals surface area contributed by atoms with Crippen LogP contribution in [0.3, 0.4) is 0 Å². The molecule has 4 nitrogen and oxygen atoms in total. The van der Waals surface area contributed by atoms with Gasteiger partial charge >= 0.3 is 0 Å². The molecule has 0 aliphatic heterocycles. The Morgan fingerprint density at radius 3 is 2.44 bits per heavy atom. The van der Waals surface area contributed by atoms with Crippen molar-refractivity contribution >= 4 is 45.5 Å². The number of aromatic nitrogens is 2. The molecule has 2 aromatic carbocycles. The van der Waals surface area contributed by atoms with Crippen molar-refractivity contribution in [3.05, 3.63) is 65.8 Å². The van der Waals surface area contributed by atoms with E-state index in [9.17, 15) is 0 Å². The van der Waals surface area contributed by atoms with Crippen molar-refractivity contribution in [2.75, 3.05) is 11.9 Å². The van der Waals surface area contributed by atoms with Crippen molar-refractivity contribution in [3.8, 4) is 16.9 Å². The van der Waals surface area contributed by atoms with Crippen LogP contribution < -0.4 is 10.1 Å². The molecule has 27 heavy (non-hydrogen) atoms. The van der Waals surface area contributed by atoms with Gasteiger partial charge in [-0.25, -0.2) is 9.97 Å². The molecule has 2 heterocycles. The highest BCUT2D eigenvalue weighted by Gasteiger charge is 2.16. The van der Waals surface area contributed by atoms with Crippen LogP contribution in [0.2, 0.25) is 0 Å². The van der Waals surface area contributed by atoms with E-state index in [0.29, 0.717) is 6.61 Å². The van der Waals surface area contributed by atoms with Gasteiger partial charge in [-0.15, -0.1) is 23.7 Å². The second kappa shape index (κ2) is 8.37. The van der Waals surface area contributed by atoms with Gasteiger partial charge in [0.25, 0.3) is 0 Å².